The number of benzene rings is 2. The molecule has 0 fully saturated rings. The van der Waals surface area contributed by atoms with Gasteiger partial charge in [0, 0.05) is 5.69 Å². The smallest absolute Gasteiger partial charge is 0.270 e. The normalized spacial score (nSPS) is 11.6. The van der Waals surface area contributed by atoms with Crippen LogP contribution in [-0.4, -0.2) is 23.0 Å². The molecule has 3 rings (SSSR count). The Morgan fingerprint density at radius 1 is 1.04 bits per heavy atom. The molecule has 0 bridgehead atoms. The molecule has 0 aliphatic heterocycles. The van der Waals surface area contributed by atoms with E-state index >= 15 is 0 Å². The molecule has 0 spiro atoms. The predicted molar refractivity (Wildman–Crippen MR) is 110 cm³/mol. The standard InChI is InChI=1S/C22H24N4O2/c1-14-10-11-20(28-4)18(12-14)25-22-23-15(2)13-19(26-22)21(27)24-16(3)17-8-6-5-7-9-17/h5-13,16H,1-4H3,(H,24,27)(H,23,25,26). The maximum Gasteiger partial charge on any atom is 0.270 e. The van der Waals surface area contributed by atoms with Crippen molar-refractivity contribution in [3.63, 3.8) is 0 Å². The highest BCUT2D eigenvalue weighted by Gasteiger charge is 2.15. The summed E-state index contributed by atoms with van der Waals surface area (Å²) in [5.41, 5.74) is 3.86. The highest BCUT2D eigenvalue weighted by atomic mass is 16.5. The summed E-state index contributed by atoms with van der Waals surface area (Å²) in [6, 6.07) is 17.1. The lowest BCUT2D eigenvalue weighted by Crippen LogP contribution is -2.27. The molecule has 0 radical (unpaired) electrons. The third-order valence-electron chi connectivity index (χ3n) is 4.34. The number of hydrogen-bond acceptors (Lipinski definition) is 5. The van der Waals surface area contributed by atoms with Crippen molar-refractivity contribution in [1.29, 1.82) is 0 Å². The molecule has 6 nitrogen and oxygen atoms in total. The van der Waals surface area contributed by atoms with E-state index in [-0.39, 0.29) is 11.9 Å². The van der Waals surface area contributed by atoms with Crippen molar-refractivity contribution >= 4 is 17.5 Å². The summed E-state index contributed by atoms with van der Waals surface area (Å²) in [7, 11) is 1.61. The predicted octanol–water partition coefficient (Wildman–Crippen LogP) is 4.34. The maximum atomic E-state index is 12.7. The lowest BCUT2D eigenvalue weighted by Gasteiger charge is -2.15. The summed E-state index contributed by atoms with van der Waals surface area (Å²) in [5.74, 6) is 0.780. The molecule has 2 N–H and O–H groups in total. The molecule has 6 heteroatoms. The second-order valence-corrected chi connectivity index (χ2v) is 6.65. The topological polar surface area (TPSA) is 76.1 Å². The number of aromatic nitrogens is 2. The van der Waals surface area contributed by atoms with Gasteiger partial charge in [0.05, 0.1) is 18.8 Å². The highest BCUT2D eigenvalue weighted by Crippen LogP contribution is 2.27. The van der Waals surface area contributed by atoms with Crippen molar-refractivity contribution in [1.82, 2.24) is 15.3 Å². The zero-order valence-corrected chi connectivity index (χ0v) is 16.5. The van der Waals surface area contributed by atoms with Crippen LogP contribution in [0, 0.1) is 13.8 Å². The Bertz CT molecular complexity index is 974. The SMILES string of the molecule is COc1ccc(C)cc1Nc1nc(C)cc(C(=O)NC(C)c2ccccc2)n1. The number of carbonyl (C=O) groups is 1. The molecule has 1 atom stereocenters. The molecule has 0 saturated carbocycles. The van der Waals surface area contributed by atoms with Gasteiger partial charge in [0.2, 0.25) is 5.95 Å². The second kappa shape index (κ2) is 8.52. The molecule has 1 aromatic heterocycles. The largest absolute Gasteiger partial charge is 0.495 e. The van der Waals surface area contributed by atoms with Crippen LogP contribution in [0.1, 0.15) is 40.3 Å². The molecular formula is C22H24N4O2. The van der Waals surface area contributed by atoms with E-state index in [1.807, 2.05) is 69.3 Å². The fourth-order valence-corrected chi connectivity index (χ4v) is 2.88. The third kappa shape index (κ3) is 4.65. The Kier molecular flexibility index (Phi) is 5.89. The molecule has 2 aromatic carbocycles. The molecule has 1 heterocycles. The lowest BCUT2D eigenvalue weighted by molar-refractivity contribution is 0.0934. The summed E-state index contributed by atoms with van der Waals surface area (Å²) in [4.78, 5) is 21.5. The molecule has 1 amide bonds. The van der Waals surface area contributed by atoms with Crippen LogP contribution >= 0.6 is 0 Å². The second-order valence-electron chi connectivity index (χ2n) is 6.65. The molecule has 0 saturated heterocycles. The summed E-state index contributed by atoms with van der Waals surface area (Å²) < 4.78 is 5.38. The number of carbonyl (C=O) groups excluding carboxylic acids is 1. The molecule has 28 heavy (non-hydrogen) atoms. The quantitative estimate of drug-likeness (QED) is 0.669. The van der Waals surface area contributed by atoms with Gasteiger partial charge in [-0.1, -0.05) is 36.4 Å². The Hall–Kier alpha value is -3.41. The Labute approximate surface area is 165 Å². The number of anilines is 2. The van der Waals surface area contributed by atoms with Gasteiger partial charge in [0.25, 0.3) is 5.91 Å². The third-order valence-corrected chi connectivity index (χ3v) is 4.34. The van der Waals surface area contributed by atoms with Gasteiger partial charge >= 0.3 is 0 Å². The zero-order valence-electron chi connectivity index (χ0n) is 16.5. The van der Waals surface area contributed by atoms with E-state index in [4.69, 9.17) is 4.74 Å². The van der Waals surface area contributed by atoms with E-state index in [1.54, 1.807) is 13.2 Å². The fourth-order valence-electron chi connectivity index (χ4n) is 2.88. The first-order valence-corrected chi connectivity index (χ1v) is 9.09. The monoisotopic (exact) mass is 376 g/mol. The molecule has 144 valence electrons. The average molecular weight is 376 g/mol. The summed E-state index contributed by atoms with van der Waals surface area (Å²) in [6.45, 7) is 5.77. The van der Waals surface area contributed by atoms with Crippen molar-refractivity contribution in [2.45, 2.75) is 26.8 Å². The molecule has 1 unspecified atom stereocenters. The van der Waals surface area contributed by atoms with E-state index in [0.717, 1.165) is 16.8 Å². The van der Waals surface area contributed by atoms with Crippen LogP contribution in [0.5, 0.6) is 5.75 Å². The van der Waals surface area contributed by atoms with Crippen LogP contribution in [0.4, 0.5) is 11.6 Å². The van der Waals surface area contributed by atoms with Gasteiger partial charge in [-0.2, -0.15) is 0 Å². The molecule has 0 aliphatic rings. The molecular weight excluding hydrogens is 352 g/mol. The first kappa shape index (κ1) is 19.4. The van der Waals surface area contributed by atoms with Gasteiger partial charge in [0.15, 0.2) is 0 Å². The van der Waals surface area contributed by atoms with E-state index in [1.165, 1.54) is 0 Å². The van der Waals surface area contributed by atoms with Crippen molar-refractivity contribution < 1.29 is 9.53 Å². The Balaban J connectivity index is 1.81. The van der Waals surface area contributed by atoms with Crippen molar-refractivity contribution in [3.8, 4) is 5.75 Å². The minimum atomic E-state index is -0.249. The number of nitrogens with zero attached hydrogens (tertiary/aromatic N) is 2. The molecule has 0 aliphatic carbocycles. The number of hydrogen-bond donors (Lipinski definition) is 2. The van der Waals surface area contributed by atoms with Gasteiger partial charge < -0.3 is 15.4 Å². The maximum absolute atomic E-state index is 12.7. The van der Waals surface area contributed by atoms with Gasteiger partial charge in [-0.25, -0.2) is 9.97 Å². The van der Waals surface area contributed by atoms with Gasteiger partial charge in [-0.05, 0) is 50.1 Å². The van der Waals surface area contributed by atoms with Gasteiger partial charge in [-0.15, -0.1) is 0 Å². The van der Waals surface area contributed by atoms with Gasteiger partial charge in [-0.3, -0.25) is 4.79 Å². The van der Waals surface area contributed by atoms with Crippen molar-refractivity contribution in [3.05, 3.63) is 77.1 Å². The number of ether oxygens (including phenoxy) is 1. The van der Waals surface area contributed by atoms with E-state index in [0.29, 0.717) is 23.1 Å². The number of amides is 1. The van der Waals surface area contributed by atoms with Crippen LogP contribution in [-0.2, 0) is 0 Å². The van der Waals surface area contributed by atoms with Crippen LogP contribution in [0.2, 0.25) is 0 Å². The van der Waals surface area contributed by atoms with Gasteiger partial charge in [0.1, 0.15) is 11.4 Å². The minimum Gasteiger partial charge on any atom is -0.495 e. The number of aryl methyl sites for hydroxylation is 2. The lowest BCUT2D eigenvalue weighted by atomic mass is 10.1. The number of nitrogens with one attached hydrogen (secondary N) is 2. The van der Waals surface area contributed by atoms with Crippen molar-refractivity contribution in [2.75, 3.05) is 12.4 Å². The first-order chi connectivity index (χ1) is 13.5. The van der Waals surface area contributed by atoms with E-state index < -0.39 is 0 Å². The van der Waals surface area contributed by atoms with Crippen LogP contribution < -0.4 is 15.4 Å². The fraction of sp³-hybridized carbons (Fsp3) is 0.227. The zero-order chi connectivity index (χ0) is 20.1. The summed E-state index contributed by atoms with van der Waals surface area (Å²) in [5, 5.41) is 6.14. The highest BCUT2D eigenvalue weighted by molar-refractivity contribution is 5.93. The van der Waals surface area contributed by atoms with E-state index in [2.05, 4.69) is 20.6 Å². The Morgan fingerprint density at radius 3 is 2.50 bits per heavy atom. The van der Waals surface area contributed by atoms with Crippen LogP contribution in [0.15, 0.2) is 54.6 Å². The van der Waals surface area contributed by atoms with E-state index in [9.17, 15) is 4.79 Å². The minimum absolute atomic E-state index is 0.128. The number of rotatable bonds is 6. The van der Waals surface area contributed by atoms with Crippen LogP contribution in [0.3, 0.4) is 0 Å². The number of methoxy groups -OCH3 is 1. The summed E-state index contributed by atoms with van der Waals surface area (Å²) >= 11 is 0. The Morgan fingerprint density at radius 2 is 1.79 bits per heavy atom. The first-order valence-electron chi connectivity index (χ1n) is 9.09. The summed E-state index contributed by atoms with van der Waals surface area (Å²) in [6.07, 6.45) is 0. The molecule has 3 aromatic rings. The average Bonchev–Trinajstić information content (AvgIpc) is 2.68. The van der Waals surface area contributed by atoms with Crippen LogP contribution in [0.25, 0.3) is 0 Å². The van der Waals surface area contributed by atoms with Crippen molar-refractivity contribution in [2.24, 2.45) is 0 Å².